The van der Waals surface area contributed by atoms with Crippen LogP contribution in [-0.2, 0) is 9.59 Å². The summed E-state index contributed by atoms with van der Waals surface area (Å²) in [5.74, 6) is 1.71. The van der Waals surface area contributed by atoms with Crippen molar-refractivity contribution in [2.75, 3.05) is 29.9 Å². The molecule has 4 rings (SSSR count). The van der Waals surface area contributed by atoms with Crippen LogP contribution in [0.3, 0.4) is 0 Å². The first-order valence-corrected chi connectivity index (χ1v) is 10.3. The highest BCUT2D eigenvalue weighted by molar-refractivity contribution is 6.02. The van der Waals surface area contributed by atoms with Gasteiger partial charge in [0.25, 0.3) is 0 Å². The van der Waals surface area contributed by atoms with Crippen molar-refractivity contribution >= 4 is 29.1 Å². The molecule has 2 aromatic heterocycles. The highest BCUT2D eigenvalue weighted by Gasteiger charge is 2.56. The number of carbonyl (C=O) groups excluding carboxylic acids is 2. The molecule has 160 valence electrons. The lowest BCUT2D eigenvalue weighted by Crippen LogP contribution is -2.35. The Kier molecular flexibility index (Phi) is 5.71. The van der Waals surface area contributed by atoms with E-state index in [-0.39, 0.29) is 17.7 Å². The van der Waals surface area contributed by atoms with Gasteiger partial charge in [-0.3, -0.25) is 9.59 Å². The maximum absolute atomic E-state index is 13.0. The molecule has 3 heterocycles. The van der Waals surface area contributed by atoms with Gasteiger partial charge in [0.15, 0.2) is 0 Å². The summed E-state index contributed by atoms with van der Waals surface area (Å²) in [7, 11) is 0. The third-order valence-electron chi connectivity index (χ3n) is 5.62. The van der Waals surface area contributed by atoms with Crippen molar-refractivity contribution in [3.63, 3.8) is 0 Å². The summed E-state index contributed by atoms with van der Waals surface area (Å²) < 4.78 is 5.52. The molecular formula is C22H24N6O3. The molecule has 9 nitrogen and oxygen atoms in total. The molecule has 0 radical (unpaired) electrons. The predicted octanol–water partition coefficient (Wildman–Crippen LogP) is 2.39. The zero-order chi connectivity index (χ0) is 21.8. The number of nitriles is 1. The van der Waals surface area contributed by atoms with E-state index in [0.717, 1.165) is 18.5 Å². The maximum atomic E-state index is 13.0. The van der Waals surface area contributed by atoms with E-state index in [1.54, 1.807) is 41.6 Å². The highest BCUT2D eigenvalue weighted by Crippen LogP contribution is 2.51. The number of hydrogen-bond acceptors (Lipinski definition) is 7. The molecule has 0 aromatic carbocycles. The van der Waals surface area contributed by atoms with E-state index in [1.807, 2.05) is 0 Å². The van der Waals surface area contributed by atoms with Crippen molar-refractivity contribution in [3.8, 4) is 11.8 Å². The van der Waals surface area contributed by atoms with Crippen LogP contribution in [0.1, 0.15) is 26.2 Å². The molecule has 0 bridgehead atoms. The second kappa shape index (κ2) is 8.60. The van der Waals surface area contributed by atoms with Crippen molar-refractivity contribution in [1.29, 1.82) is 5.26 Å². The number of pyridine rings is 2. The minimum absolute atomic E-state index is 0.0995. The van der Waals surface area contributed by atoms with Gasteiger partial charge in [-0.1, -0.05) is 0 Å². The first-order valence-electron chi connectivity index (χ1n) is 10.3. The number of anilines is 3. The summed E-state index contributed by atoms with van der Waals surface area (Å²) in [4.78, 5) is 34.2. The monoisotopic (exact) mass is 420 g/mol. The summed E-state index contributed by atoms with van der Waals surface area (Å²) in [6.07, 6.45) is 5.70. The number of nitrogens with zero attached hydrogens (tertiary/aromatic N) is 4. The van der Waals surface area contributed by atoms with E-state index in [0.29, 0.717) is 43.5 Å². The van der Waals surface area contributed by atoms with E-state index in [2.05, 4.69) is 26.7 Å². The van der Waals surface area contributed by atoms with Crippen LogP contribution in [-0.4, -0.2) is 41.5 Å². The Bertz CT molecular complexity index is 1010. The van der Waals surface area contributed by atoms with Crippen molar-refractivity contribution in [3.05, 3.63) is 36.7 Å². The van der Waals surface area contributed by atoms with Gasteiger partial charge in [-0.2, -0.15) is 5.26 Å². The van der Waals surface area contributed by atoms with E-state index < -0.39 is 5.41 Å². The second-order valence-corrected chi connectivity index (χ2v) is 7.80. The lowest BCUT2D eigenvalue weighted by molar-refractivity contribution is -0.124. The van der Waals surface area contributed by atoms with Crippen LogP contribution < -0.4 is 20.3 Å². The third kappa shape index (κ3) is 4.43. The molecule has 1 aliphatic heterocycles. The maximum Gasteiger partial charge on any atom is 0.247 e. The molecule has 9 heteroatoms. The smallest absolute Gasteiger partial charge is 0.247 e. The van der Waals surface area contributed by atoms with Gasteiger partial charge in [-0.25, -0.2) is 9.97 Å². The number of rotatable bonds is 8. The first-order chi connectivity index (χ1) is 15.0. The molecule has 2 amide bonds. The molecule has 0 spiro atoms. The largest absolute Gasteiger partial charge is 0.490 e. The third-order valence-corrected chi connectivity index (χ3v) is 5.62. The van der Waals surface area contributed by atoms with E-state index in [9.17, 15) is 14.9 Å². The van der Waals surface area contributed by atoms with Gasteiger partial charge in [0, 0.05) is 31.4 Å². The van der Waals surface area contributed by atoms with Crippen LogP contribution in [0.5, 0.6) is 5.75 Å². The standard InChI is InChI=1S/C22H24N6O3/c1-15(29)24-9-11-31-18-4-5-19(26-13-18)27-20-12-17(6-8-25-20)28-10-7-22(14-23,21(28)30)16-2-3-16/h4-6,8,12-13,16H,2-3,7,9-11H2,1H3,(H,24,29)(H,25,26,27)/t22-/m1/s1. The van der Waals surface area contributed by atoms with Gasteiger partial charge < -0.3 is 20.3 Å². The molecule has 1 aliphatic carbocycles. The van der Waals surface area contributed by atoms with Crippen molar-refractivity contribution in [1.82, 2.24) is 15.3 Å². The summed E-state index contributed by atoms with van der Waals surface area (Å²) >= 11 is 0. The van der Waals surface area contributed by atoms with Gasteiger partial charge >= 0.3 is 0 Å². The summed E-state index contributed by atoms with van der Waals surface area (Å²) in [5, 5.41) is 15.5. The van der Waals surface area contributed by atoms with Gasteiger partial charge in [0.1, 0.15) is 29.4 Å². The van der Waals surface area contributed by atoms with Gasteiger partial charge in [0.2, 0.25) is 11.8 Å². The fraction of sp³-hybridized carbons (Fsp3) is 0.409. The lowest BCUT2D eigenvalue weighted by atomic mass is 9.83. The van der Waals surface area contributed by atoms with Crippen LogP contribution >= 0.6 is 0 Å². The summed E-state index contributed by atoms with van der Waals surface area (Å²) in [6.45, 7) is 2.77. The Balaban J connectivity index is 1.38. The average molecular weight is 420 g/mol. The molecule has 31 heavy (non-hydrogen) atoms. The molecule has 2 N–H and O–H groups in total. The van der Waals surface area contributed by atoms with E-state index in [4.69, 9.17) is 4.74 Å². The zero-order valence-electron chi connectivity index (χ0n) is 17.3. The Morgan fingerprint density at radius 3 is 2.84 bits per heavy atom. The van der Waals surface area contributed by atoms with Gasteiger partial charge in [-0.05, 0) is 43.4 Å². The number of aromatic nitrogens is 2. The topological polar surface area (TPSA) is 120 Å². The molecule has 1 atom stereocenters. The number of carbonyl (C=O) groups is 2. The van der Waals surface area contributed by atoms with Crippen LogP contribution in [0.15, 0.2) is 36.7 Å². The van der Waals surface area contributed by atoms with Gasteiger partial charge in [-0.15, -0.1) is 0 Å². The molecule has 2 fully saturated rings. The van der Waals surface area contributed by atoms with Gasteiger partial charge in [0.05, 0.1) is 18.8 Å². The molecule has 0 unspecified atom stereocenters. The fourth-order valence-electron chi connectivity index (χ4n) is 3.86. The molecule has 2 aliphatic rings. The fourth-order valence-corrected chi connectivity index (χ4v) is 3.86. The number of amides is 2. The van der Waals surface area contributed by atoms with Crippen molar-refractivity contribution < 1.29 is 14.3 Å². The molecule has 1 saturated heterocycles. The summed E-state index contributed by atoms with van der Waals surface area (Å²) in [6, 6.07) is 9.41. The molecule has 2 aromatic rings. The van der Waals surface area contributed by atoms with E-state index in [1.165, 1.54) is 6.92 Å². The number of hydrogen-bond donors (Lipinski definition) is 2. The average Bonchev–Trinajstić information content (AvgIpc) is 3.56. The minimum atomic E-state index is -0.867. The molecule has 1 saturated carbocycles. The highest BCUT2D eigenvalue weighted by atomic mass is 16.5. The van der Waals surface area contributed by atoms with Crippen molar-refractivity contribution in [2.45, 2.75) is 26.2 Å². The van der Waals surface area contributed by atoms with Crippen molar-refractivity contribution in [2.24, 2.45) is 11.3 Å². The Morgan fingerprint density at radius 1 is 1.32 bits per heavy atom. The van der Waals surface area contributed by atoms with Crippen LogP contribution in [0.2, 0.25) is 0 Å². The van der Waals surface area contributed by atoms with Crippen LogP contribution in [0.4, 0.5) is 17.3 Å². The SMILES string of the molecule is CC(=O)NCCOc1ccc(Nc2cc(N3CC[C@@](C#N)(C4CC4)C3=O)ccn2)nc1. The van der Waals surface area contributed by atoms with E-state index >= 15 is 0 Å². The number of nitrogens with one attached hydrogen (secondary N) is 2. The Morgan fingerprint density at radius 2 is 2.16 bits per heavy atom. The Labute approximate surface area is 180 Å². The quantitative estimate of drug-likeness (QED) is 0.629. The Hall–Kier alpha value is -3.67. The minimum Gasteiger partial charge on any atom is -0.490 e. The van der Waals surface area contributed by atoms with Crippen LogP contribution in [0.25, 0.3) is 0 Å². The zero-order valence-corrected chi connectivity index (χ0v) is 17.3. The summed E-state index contributed by atoms with van der Waals surface area (Å²) in [5.41, 5.74) is -0.146. The van der Waals surface area contributed by atoms with Crippen LogP contribution in [0, 0.1) is 22.7 Å². The lowest BCUT2D eigenvalue weighted by Gasteiger charge is -2.21. The molecular weight excluding hydrogens is 396 g/mol. The second-order valence-electron chi connectivity index (χ2n) is 7.80. The normalized spacial score (nSPS) is 20.3. The first kappa shape index (κ1) is 20.6. The predicted molar refractivity (Wildman–Crippen MR) is 114 cm³/mol. The number of ether oxygens (including phenoxy) is 1.